The summed E-state index contributed by atoms with van der Waals surface area (Å²) in [5.74, 6) is -3.23. The molecular weight excluding hydrogens is 459 g/mol. The van der Waals surface area contributed by atoms with E-state index < -0.39 is 49.0 Å². The van der Waals surface area contributed by atoms with E-state index in [2.05, 4.69) is 15.5 Å². The molecule has 5 rings (SSSR count). The Labute approximate surface area is 199 Å². The Hall–Kier alpha value is -3.66. The molecule has 4 aromatic rings. The number of aliphatic hydroxyl groups excluding tert-OH is 1. The zero-order valence-corrected chi connectivity index (χ0v) is 18.9. The van der Waals surface area contributed by atoms with Crippen LogP contribution < -0.4 is 5.32 Å². The Morgan fingerprint density at radius 3 is 2.63 bits per heavy atom. The maximum atomic E-state index is 16.0. The summed E-state index contributed by atoms with van der Waals surface area (Å²) in [6, 6.07) is 13.4. The number of carbonyl (C=O) groups excluding carboxylic acids is 1. The normalized spacial score (nSPS) is 26.7. The van der Waals surface area contributed by atoms with Crippen molar-refractivity contribution in [2.75, 3.05) is 6.54 Å². The van der Waals surface area contributed by atoms with Crippen LogP contribution in [0.1, 0.15) is 23.2 Å². The van der Waals surface area contributed by atoms with Crippen LogP contribution in [0.3, 0.4) is 0 Å². The van der Waals surface area contributed by atoms with E-state index in [1.165, 1.54) is 18.3 Å². The molecule has 1 aliphatic rings. The van der Waals surface area contributed by atoms with Crippen molar-refractivity contribution in [3.8, 4) is 11.1 Å². The van der Waals surface area contributed by atoms with Crippen LogP contribution in [0.5, 0.6) is 0 Å². The summed E-state index contributed by atoms with van der Waals surface area (Å²) in [6.07, 6.45) is -1.07. The summed E-state index contributed by atoms with van der Waals surface area (Å²) < 4.78 is 49.1. The molecule has 2 aromatic heterocycles. The zero-order chi connectivity index (χ0) is 24.8. The number of aromatic nitrogens is 4. The summed E-state index contributed by atoms with van der Waals surface area (Å²) in [5.41, 5.74) is -0.234. The third-order valence-corrected chi connectivity index (χ3v) is 6.62. The molecule has 0 bridgehead atoms. The van der Waals surface area contributed by atoms with Gasteiger partial charge in [0.05, 0.1) is 18.3 Å². The number of benzene rings is 2. The predicted octanol–water partition coefficient (Wildman–Crippen LogP) is 3.69. The minimum absolute atomic E-state index is 0.289. The number of aryl methyl sites for hydroxylation is 1. The van der Waals surface area contributed by atoms with E-state index in [4.69, 9.17) is 0 Å². The van der Waals surface area contributed by atoms with Crippen LogP contribution >= 0.6 is 0 Å². The molecule has 10 heteroatoms. The van der Waals surface area contributed by atoms with Crippen molar-refractivity contribution in [2.24, 2.45) is 7.05 Å². The van der Waals surface area contributed by atoms with Gasteiger partial charge in [-0.25, -0.2) is 17.9 Å². The molecule has 1 saturated carbocycles. The van der Waals surface area contributed by atoms with E-state index in [1.807, 2.05) is 12.3 Å². The maximum Gasteiger partial charge on any atom is 0.251 e. The molecule has 2 heterocycles. The number of aliphatic hydroxyl groups is 1. The van der Waals surface area contributed by atoms with Crippen LogP contribution in [0, 0.1) is 0 Å². The average molecular weight is 483 g/mol. The zero-order valence-electron chi connectivity index (χ0n) is 18.9. The first-order valence-corrected chi connectivity index (χ1v) is 11.2. The fourth-order valence-corrected chi connectivity index (χ4v) is 4.49. The molecule has 1 fully saturated rings. The molecular formula is C25H24F3N5O2. The van der Waals surface area contributed by atoms with E-state index in [0.717, 1.165) is 15.8 Å². The van der Waals surface area contributed by atoms with Gasteiger partial charge in [0.1, 0.15) is 6.10 Å². The number of halogens is 3. The largest absolute Gasteiger partial charge is 0.384 e. The highest BCUT2D eigenvalue weighted by molar-refractivity contribution is 5.94. The first kappa shape index (κ1) is 23.1. The van der Waals surface area contributed by atoms with Crippen LogP contribution in [0.4, 0.5) is 13.2 Å². The van der Waals surface area contributed by atoms with Crippen LogP contribution in [-0.4, -0.2) is 55.1 Å². The highest BCUT2D eigenvalue weighted by Gasteiger charge is 2.59. The monoisotopic (exact) mass is 483 g/mol. The second kappa shape index (κ2) is 8.53. The minimum atomic E-state index is -2.65. The molecule has 0 spiro atoms. The van der Waals surface area contributed by atoms with Crippen LogP contribution in [0.25, 0.3) is 22.0 Å². The van der Waals surface area contributed by atoms with Crippen molar-refractivity contribution in [3.05, 3.63) is 72.7 Å². The van der Waals surface area contributed by atoms with Gasteiger partial charge < -0.3 is 10.4 Å². The molecule has 1 amide bonds. The summed E-state index contributed by atoms with van der Waals surface area (Å²) >= 11 is 0. The average Bonchev–Trinajstić information content (AvgIpc) is 3.50. The summed E-state index contributed by atoms with van der Waals surface area (Å²) in [7, 11) is 1.79. The predicted molar refractivity (Wildman–Crippen MR) is 124 cm³/mol. The highest BCUT2D eigenvalue weighted by atomic mass is 19.2. The number of nitrogens with one attached hydrogen (secondary N) is 1. The van der Waals surface area contributed by atoms with Crippen LogP contribution in [-0.2, 0) is 12.8 Å². The molecule has 0 radical (unpaired) electrons. The van der Waals surface area contributed by atoms with E-state index in [1.54, 1.807) is 48.3 Å². The van der Waals surface area contributed by atoms with Gasteiger partial charge in [0.2, 0.25) is 5.79 Å². The lowest BCUT2D eigenvalue weighted by Crippen LogP contribution is -2.61. The summed E-state index contributed by atoms with van der Waals surface area (Å²) in [6.45, 7) is -0.690. The molecule has 2 aromatic carbocycles. The first-order valence-electron chi connectivity index (χ1n) is 11.2. The van der Waals surface area contributed by atoms with Gasteiger partial charge >= 0.3 is 0 Å². The van der Waals surface area contributed by atoms with Gasteiger partial charge in [0, 0.05) is 42.4 Å². The van der Waals surface area contributed by atoms with E-state index >= 15 is 13.2 Å². The SMILES string of the molecule is Cn1cc(-c2ccc3cn([C@@]4(F)CC[C@@](F)(CNC(=O)c5ccccc5)[C@H](F)[C@H]4O)nc3c2)cn1. The van der Waals surface area contributed by atoms with Crippen molar-refractivity contribution in [1.82, 2.24) is 24.9 Å². The topological polar surface area (TPSA) is 85.0 Å². The second-order valence-corrected chi connectivity index (χ2v) is 9.00. The van der Waals surface area contributed by atoms with Gasteiger partial charge in [-0.1, -0.05) is 30.3 Å². The van der Waals surface area contributed by atoms with Gasteiger partial charge in [-0.2, -0.15) is 10.2 Å². The van der Waals surface area contributed by atoms with Crippen LogP contribution in [0.15, 0.2) is 67.1 Å². The number of carbonyl (C=O) groups is 1. The van der Waals surface area contributed by atoms with Crippen molar-refractivity contribution in [1.29, 1.82) is 0 Å². The molecule has 0 saturated heterocycles. The molecule has 0 unspecified atom stereocenters. The van der Waals surface area contributed by atoms with E-state index in [9.17, 15) is 9.90 Å². The Bertz CT molecular complexity index is 1370. The fourth-order valence-electron chi connectivity index (χ4n) is 4.49. The van der Waals surface area contributed by atoms with Crippen molar-refractivity contribution < 1.29 is 23.1 Å². The number of alkyl halides is 3. The van der Waals surface area contributed by atoms with Crippen molar-refractivity contribution >= 4 is 16.8 Å². The summed E-state index contributed by atoms with van der Waals surface area (Å²) in [5, 5.41) is 21.9. The number of fused-ring (bicyclic) bond motifs is 1. The van der Waals surface area contributed by atoms with Gasteiger partial charge in [0.25, 0.3) is 5.91 Å². The molecule has 7 nitrogen and oxygen atoms in total. The standard InChI is InChI=1S/C25H24F3N5O2/c1-32-13-19(12-30-32)17-7-8-18-14-33(31-20(18)11-17)25(28)10-9-24(27,21(26)22(25)34)15-29-23(35)16-5-3-2-4-6-16/h2-8,11-14,21-22,34H,9-10,15H2,1H3,(H,29,35)/t21-,22-,24-,25+/m1/s1. The number of nitrogens with zero attached hydrogens (tertiary/aromatic N) is 4. The Kier molecular flexibility index (Phi) is 5.63. The Morgan fingerprint density at radius 1 is 1.14 bits per heavy atom. The van der Waals surface area contributed by atoms with Gasteiger partial charge in [-0.15, -0.1) is 0 Å². The lowest BCUT2D eigenvalue weighted by atomic mass is 9.78. The number of hydrogen-bond acceptors (Lipinski definition) is 4. The molecule has 2 N–H and O–H groups in total. The van der Waals surface area contributed by atoms with Gasteiger partial charge in [-0.3, -0.25) is 9.48 Å². The molecule has 1 aliphatic carbocycles. The third kappa shape index (κ3) is 4.07. The highest BCUT2D eigenvalue weighted by Crippen LogP contribution is 2.44. The summed E-state index contributed by atoms with van der Waals surface area (Å²) in [4.78, 5) is 12.2. The Balaban J connectivity index is 1.35. The smallest absolute Gasteiger partial charge is 0.251 e. The third-order valence-electron chi connectivity index (χ3n) is 6.62. The number of rotatable bonds is 5. The minimum Gasteiger partial charge on any atom is -0.384 e. The molecule has 35 heavy (non-hydrogen) atoms. The maximum absolute atomic E-state index is 16.0. The van der Waals surface area contributed by atoms with E-state index in [-0.39, 0.29) is 5.56 Å². The Morgan fingerprint density at radius 2 is 1.91 bits per heavy atom. The molecule has 4 atom stereocenters. The molecule has 0 aliphatic heterocycles. The van der Waals surface area contributed by atoms with Crippen LogP contribution in [0.2, 0.25) is 0 Å². The molecule has 182 valence electrons. The second-order valence-electron chi connectivity index (χ2n) is 9.00. The fraction of sp³-hybridized carbons (Fsp3) is 0.320. The number of amides is 1. The van der Waals surface area contributed by atoms with Gasteiger partial charge in [-0.05, 0) is 30.2 Å². The number of hydrogen-bond donors (Lipinski definition) is 2. The lowest BCUT2D eigenvalue weighted by Gasteiger charge is -2.43. The quantitative estimate of drug-likeness (QED) is 0.454. The van der Waals surface area contributed by atoms with Gasteiger partial charge in [0.15, 0.2) is 11.8 Å². The van der Waals surface area contributed by atoms with E-state index in [0.29, 0.717) is 10.9 Å². The first-order chi connectivity index (χ1) is 16.7. The van der Waals surface area contributed by atoms with Crippen molar-refractivity contribution in [3.63, 3.8) is 0 Å². The van der Waals surface area contributed by atoms with Crippen molar-refractivity contribution in [2.45, 2.75) is 36.6 Å². The lowest BCUT2D eigenvalue weighted by molar-refractivity contribution is -0.183.